The summed E-state index contributed by atoms with van der Waals surface area (Å²) in [6.45, 7) is 3.36. The minimum atomic E-state index is -4.09. The summed E-state index contributed by atoms with van der Waals surface area (Å²) in [5.74, 6) is 2.81. The summed E-state index contributed by atoms with van der Waals surface area (Å²) < 4.78 is 53.2. The number of benzene rings is 1. The summed E-state index contributed by atoms with van der Waals surface area (Å²) in [6.07, 6.45) is 0.0862. The monoisotopic (exact) mass is 317 g/mol. The Hall–Kier alpha value is -1.49. The molecular weight excluding hydrogens is 300 g/mol. The van der Waals surface area contributed by atoms with Gasteiger partial charge in [0, 0.05) is 25.6 Å². The van der Waals surface area contributed by atoms with E-state index < -0.39 is 26.6 Å². The molecule has 0 heterocycles. The second-order valence-electron chi connectivity index (χ2n) is 4.13. The van der Waals surface area contributed by atoms with E-state index in [1.807, 2.05) is 0 Å². The van der Waals surface area contributed by atoms with Gasteiger partial charge in [-0.05, 0) is 6.07 Å². The van der Waals surface area contributed by atoms with Crippen molar-refractivity contribution in [2.75, 3.05) is 19.7 Å². The molecule has 0 amide bonds. The molecule has 0 aliphatic carbocycles. The number of halogens is 2. The Morgan fingerprint density at radius 3 is 2.38 bits per heavy atom. The molecule has 0 saturated carbocycles. The van der Waals surface area contributed by atoms with Crippen molar-refractivity contribution in [3.8, 4) is 11.8 Å². The molecule has 21 heavy (non-hydrogen) atoms. The van der Waals surface area contributed by atoms with Crippen LogP contribution in [0.15, 0.2) is 17.0 Å². The first kappa shape index (κ1) is 17.6. The highest BCUT2D eigenvalue weighted by molar-refractivity contribution is 7.89. The van der Waals surface area contributed by atoms with Gasteiger partial charge in [-0.15, -0.1) is 0 Å². The molecule has 0 aromatic heterocycles. The molecule has 1 N–H and O–H groups in total. The lowest BCUT2D eigenvalue weighted by molar-refractivity contribution is 0.305. The number of nitrogens with zero attached hydrogens (tertiary/aromatic N) is 1. The van der Waals surface area contributed by atoms with E-state index in [0.29, 0.717) is 6.07 Å². The zero-order valence-electron chi connectivity index (χ0n) is 11.9. The smallest absolute Gasteiger partial charge is 0.247 e. The van der Waals surface area contributed by atoms with Crippen molar-refractivity contribution in [1.29, 1.82) is 0 Å². The Kier molecular flexibility index (Phi) is 6.27. The first-order valence-electron chi connectivity index (χ1n) is 6.47. The molecule has 116 valence electrons. The Labute approximate surface area is 123 Å². The molecule has 0 aliphatic heterocycles. The first-order valence-corrected chi connectivity index (χ1v) is 7.91. The Morgan fingerprint density at radius 1 is 1.24 bits per heavy atom. The van der Waals surface area contributed by atoms with Crippen molar-refractivity contribution in [2.45, 2.75) is 25.2 Å². The molecular formula is C14H17F2NO3S. The quantitative estimate of drug-likeness (QED) is 0.842. The van der Waals surface area contributed by atoms with Crippen LogP contribution < -0.4 is 0 Å². The predicted molar refractivity (Wildman–Crippen MR) is 75.0 cm³/mol. The van der Waals surface area contributed by atoms with Crippen LogP contribution in [0.2, 0.25) is 0 Å². The maximum absolute atomic E-state index is 14.0. The second-order valence-corrected chi connectivity index (χ2v) is 6.00. The van der Waals surface area contributed by atoms with Crippen LogP contribution in [0.1, 0.15) is 25.8 Å². The van der Waals surface area contributed by atoms with Crippen LogP contribution in [-0.2, 0) is 10.0 Å². The van der Waals surface area contributed by atoms with Crippen molar-refractivity contribution in [3.05, 3.63) is 29.3 Å². The van der Waals surface area contributed by atoms with Gasteiger partial charge in [-0.1, -0.05) is 25.7 Å². The lowest BCUT2D eigenvalue weighted by Crippen LogP contribution is -2.32. The predicted octanol–water partition coefficient (Wildman–Crippen LogP) is 1.73. The topological polar surface area (TPSA) is 57.6 Å². The lowest BCUT2D eigenvalue weighted by Gasteiger charge is -2.19. The average Bonchev–Trinajstić information content (AvgIpc) is 2.38. The fourth-order valence-corrected chi connectivity index (χ4v) is 3.45. The van der Waals surface area contributed by atoms with E-state index in [-0.39, 0.29) is 31.7 Å². The van der Waals surface area contributed by atoms with Crippen LogP contribution in [0.5, 0.6) is 0 Å². The van der Waals surface area contributed by atoms with E-state index in [0.717, 1.165) is 10.4 Å². The number of aliphatic hydroxyl groups excluding tert-OH is 1. The van der Waals surface area contributed by atoms with E-state index in [4.69, 9.17) is 5.11 Å². The SMILES string of the molecule is CCN(CC)S(=O)(=O)c1c(F)cc(F)cc1C#CCCO. The van der Waals surface area contributed by atoms with E-state index in [9.17, 15) is 17.2 Å². The van der Waals surface area contributed by atoms with Gasteiger partial charge in [0.25, 0.3) is 0 Å². The summed E-state index contributed by atoms with van der Waals surface area (Å²) >= 11 is 0. The van der Waals surface area contributed by atoms with Crippen molar-refractivity contribution in [3.63, 3.8) is 0 Å². The number of hydrogen-bond acceptors (Lipinski definition) is 3. The van der Waals surface area contributed by atoms with Crippen LogP contribution in [0.3, 0.4) is 0 Å². The second kappa shape index (κ2) is 7.50. The number of rotatable bonds is 5. The van der Waals surface area contributed by atoms with E-state index in [1.54, 1.807) is 13.8 Å². The van der Waals surface area contributed by atoms with Gasteiger partial charge in [0.15, 0.2) is 0 Å². The van der Waals surface area contributed by atoms with Gasteiger partial charge in [0.2, 0.25) is 10.0 Å². The van der Waals surface area contributed by atoms with Gasteiger partial charge < -0.3 is 5.11 Å². The summed E-state index contributed by atoms with van der Waals surface area (Å²) in [7, 11) is -4.09. The molecule has 1 aromatic carbocycles. The third kappa shape index (κ3) is 4.00. The van der Waals surface area contributed by atoms with Gasteiger partial charge in [-0.3, -0.25) is 0 Å². The highest BCUT2D eigenvalue weighted by Crippen LogP contribution is 2.24. The number of aliphatic hydroxyl groups is 1. The first-order chi connectivity index (χ1) is 9.88. The molecule has 1 aromatic rings. The van der Waals surface area contributed by atoms with E-state index >= 15 is 0 Å². The van der Waals surface area contributed by atoms with Crippen LogP contribution >= 0.6 is 0 Å². The lowest BCUT2D eigenvalue weighted by atomic mass is 10.2. The van der Waals surface area contributed by atoms with Crippen molar-refractivity contribution >= 4 is 10.0 Å². The van der Waals surface area contributed by atoms with Gasteiger partial charge in [0.05, 0.1) is 12.2 Å². The van der Waals surface area contributed by atoms with Crippen molar-refractivity contribution in [1.82, 2.24) is 4.31 Å². The average molecular weight is 317 g/mol. The van der Waals surface area contributed by atoms with Gasteiger partial charge in [-0.2, -0.15) is 4.31 Å². The number of sulfonamides is 1. The molecule has 1 rings (SSSR count). The summed E-state index contributed by atoms with van der Waals surface area (Å²) in [5, 5.41) is 8.67. The molecule has 7 heteroatoms. The largest absolute Gasteiger partial charge is 0.395 e. The minimum absolute atomic E-state index is 0.0862. The van der Waals surface area contributed by atoms with E-state index in [2.05, 4.69) is 11.8 Å². The molecule has 4 nitrogen and oxygen atoms in total. The van der Waals surface area contributed by atoms with Crippen molar-refractivity contribution in [2.24, 2.45) is 0 Å². The maximum atomic E-state index is 14.0. The Balaban J connectivity index is 3.51. The third-order valence-corrected chi connectivity index (χ3v) is 4.90. The molecule has 0 bridgehead atoms. The Morgan fingerprint density at radius 2 is 1.86 bits per heavy atom. The Bertz CT molecular complexity index is 659. The van der Waals surface area contributed by atoms with Crippen LogP contribution in [0.25, 0.3) is 0 Å². The molecule has 0 radical (unpaired) electrons. The van der Waals surface area contributed by atoms with Crippen LogP contribution in [0.4, 0.5) is 8.78 Å². The minimum Gasteiger partial charge on any atom is -0.395 e. The van der Waals surface area contributed by atoms with Crippen LogP contribution in [-0.4, -0.2) is 37.5 Å². The van der Waals surface area contributed by atoms with E-state index in [1.165, 1.54) is 0 Å². The highest BCUT2D eigenvalue weighted by Gasteiger charge is 2.28. The molecule has 0 saturated heterocycles. The van der Waals surface area contributed by atoms with Crippen LogP contribution in [0, 0.1) is 23.5 Å². The zero-order chi connectivity index (χ0) is 16.0. The fraction of sp³-hybridized carbons (Fsp3) is 0.429. The highest BCUT2D eigenvalue weighted by atomic mass is 32.2. The summed E-state index contributed by atoms with van der Waals surface area (Å²) in [6, 6.07) is 1.40. The van der Waals surface area contributed by atoms with Gasteiger partial charge in [-0.25, -0.2) is 17.2 Å². The van der Waals surface area contributed by atoms with Gasteiger partial charge >= 0.3 is 0 Å². The summed E-state index contributed by atoms with van der Waals surface area (Å²) in [5.41, 5.74) is -0.243. The normalized spacial score (nSPS) is 11.3. The molecule has 0 aliphatic rings. The standard InChI is InChI=1S/C14H17F2NO3S/c1-3-17(4-2)21(19,20)14-11(7-5-6-8-18)9-12(15)10-13(14)16/h9-10,18H,3-4,6,8H2,1-2H3. The fourth-order valence-electron chi connectivity index (χ4n) is 1.82. The third-order valence-electron chi connectivity index (χ3n) is 2.77. The molecule has 0 fully saturated rings. The summed E-state index contributed by atoms with van der Waals surface area (Å²) in [4.78, 5) is -0.627. The molecule has 0 spiro atoms. The zero-order valence-corrected chi connectivity index (χ0v) is 12.7. The van der Waals surface area contributed by atoms with Crippen molar-refractivity contribution < 1.29 is 22.3 Å². The molecule has 0 unspecified atom stereocenters. The number of hydrogen-bond donors (Lipinski definition) is 1. The molecule has 0 atom stereocenters. The maximum Gasteiger partial charge on any atom is 0.247 e. The van der Waals surface area contributed by atoms with Gasteiger partial charge in [0.1, 0.15) is 16.5 Å².